The third-order valence-electron chi connectivity index (χ3n) is 4.10. The molecule has 0 bridgehead atoms. The SMILES string of the molecule is O=C(NCc1cccc(NC(=O)c2ccco2)c1)c1cccc(-n2cnnn2)c1. The third-order valence-corrected chi connectivity index (χ3v) is 4.10. The highest BCUT2D eigenvalue weighted by molar-refractivity contribution is 6.02. The lowest BCUT2D eigenvalue weighted by atomic mass is 10.1. The molecular weight excluding hydrogens is 372 g/mol. The number of furan rings is 1. The van der Waals surface area contributed by atoms with E-state index in [4.69, 9.17) is 4.42 Å². The van der Waals surface area contributed by atoms with Crippen LogP contribution in [0.3, 0.4) is 0 Å². The van der Waals surface area contributed by atoms with Gasteiger partial charge in [-0.15, -0.1) is 5.10 Å². The standard InChI is InChI=1S/C20H16N6O3/c27-19(15-5-2-7-17(11-15)26-13-22-24-25-26)21-12-14-4-1-6-16(10-14)23-20(28)18-8-3-9-29-18/h1-11,13H,12H2,(H,21,27)(H,23,28). The molecule has 0 unspecified atom stereocenters. The van der Waals surface area contributed by atoms with Crippen molar-refractivity contribution >= 4 is 17.5 Å². The lowest BCUT2D eigenvalue weighted by molar-refractivity contribution is 0.0949. The Labute approximate surface area is 165 Å². The first-order valence-electron chi connectivity index (χ1n) is 8.74. The van der Waals surface area contributed by atoms with E-state index < -0.39 is 0 Å². The summed E-state index contributed by atoms with van der Waals surface area (Å²) >= 11 is 0. The molecule has 4 aromatic rings. The first-order chi connectivity index (χ1) is 14.2. The average molecular weight is 388 g/mol. The average Bonchev–Trinajstić information content (AvgIpc) is 3.47. The molecule has 2 heterocycles. The van der Waals surface area contributed by atoms with Crippen LogP contribution in [0, 0.1) is 0 Å². The Balaban J connectivity index is 1.40. The predicted octanol–water partition coefficient (Wildman–Crippen LogP) is 2.44. The Kier molecular flexibility index (Phi) is 5.10. The fourth-order valence-electron chi connectivity index (χ4n) is 2.71. The van der Waals surface area contributed by atoms with E-state index >= 15 is 0 Å². The van der Waals surface area contributed by atoms with Crippen LogP contribution >= 0.6 is 0 Å². The van der Waals surface area contributed by atoms with Crippen LogP contribution < -0.4 is 10.6 Å². The first kappa shape index (κ1) is 18.1. The maximum atomic E-state index is 12.5. The van der Waals surface area contributed by atoms with Gasteiger partial charge in [-0.25, -0.2) is 4.68 Å². The minimum atomic E-state index is -0.337. The molecule has 4 rings (SSSR count). The lowest BCUT2D eigenvalue weighted by Gasteiger charge is -2.09. The summed E-state index contributed by atoms with van der Waals surface area (Å²) in [6.45, 7) is 0.304. The highest BCUT2D eigenvalue weighted by atomic mass is 16.3. The van der Waals surface area contributed by atoms with Gasteiger partial charge < -0.3 is 15.1 Å². The highest BCUT2D eigenvalue weighted by Gasteiger charge is 2.10. The number of nitrogens with one attached hydrogen (secondary N) is 2. The second kappa shape index (κ2) is 8.17. The number of carbonyl (C=O) groups excluding carboxylic acids is 2. The largest absolute Gasteiger partial charge is 0.459 e. The van der Waals surface area contributed by atoms with E-state index in [9.17, 15) is 9.59 Å². The molecule has 2 aromatic carbocycles. The summed E-state index contributed by atoms with van der Waals surface area (Å²) in [7, 11) is 0. The zero-order valence-electron chi connectivity index (χ0n) is 15.1. The summed E-state index contributed by atoms with van der Waals surface area (Å²) in [5.74, 6) is -0.341. The molecule has 29 heavy (non-hydrogen) atoms. The maximum absolute atomic E-state index is 12.5. The highest BCUT2D eigenvalue weighted by Crippen LogP contribution is 2.13. The Morgan fingerprint density at radius 1 is 1.00 bits per heavy atom. The van der Waals surface area contributed by atoms with E-state index in [0.29, 0.717) is 23.5 Å². The van der Waals surface area contributed by atoms with Gasteiger partial charge in [-0.3, -0.25) is 9.59 Å². The third kappa shape index (κ3) is 4.35. The number of hydrogen-bond acceptors (Lipinski definition) is 6. The van der Waals surface area contributed by atoms with Crippen molar-refractivity contribution in [2.75, 3.05) is 5.32 Å². The monoisotopic (exact) mass is 388 g/mol. The topological polar surface area (TPSA) is 115 Å². The number of rotatable bonds is 6. The zero-order valence-corrected chi connectivity index (χ0v) is 15.1. The van der Waals surface area contributed by atoms with Crippen LogP contribution in [0.5, 0.6) is 0 Å². The van der Waals surface area contributed by atoms with Crippen molar-refractivity contribution in [3.63, 3.8) is 0 Å². The number of hydrogen-bond donors (Lipinski definition) is 2. The van der Waals surface area contributed by atoms with E-state index in [1.54, 1.807) is 54.6 Å². The molecule has 0 saturated carbocycles. The molecule has 0 fully saturated rings. The number of amides is 2. The van der Waals surface area contributed by atoms with Gasteiger partial charge in [-0.2, -0.15) is 0 Å². The Morgan fingerprint density at radius 2 is 1.90 bits per heavy atom. The Morgan fingerprint density at radius 3 is 2.69 bits per heavy atom. The fraction of sp³-hybridized carbons (Fsp3) is 0.0500. The minimum Gasteiger partial charge on any atom is -0.459 e. The van der Waals surface area contributed by atoms with E-state index in [-0.39, 0.29) is 17.6 Å². The number of benzene rings is 2. The van der Waals surface area contributed by atoms with Crippen LogP contribution in [0.1, 0.15) is 26.5 Å². The van der Waals surface area contributed by atoms with Crippen LogP contribution in [0.2, 0.25) is 0 Å². The van der Waals surface area contributed by atoms with Crippen LogP contribution in [0.4, 0.5) is 5.69 Å². The molecule has 0 radical (unpaired) electrons. The van der Waals surface area contributed by atoms with Gasteiger partial charge >= 0.3 is 0 Å². The van der Waals surface area contributed by atoms with Crippen molar-refractivity contribution in [3.8, 4) is 5.69 Å². The molecule has 9 nitrogen and oxygen atoms in total. The van der Waals surface area contributed by atoms with Crippen LogP contribution in [-0.4, -0.2) is 32.0 Å². The van der Waals surface area contributed by atoms with Gasteiger partial charge in [0.2, 0.25) is 0 Å². The number of tetrazole rings is 1. The number of carbonyl (C=O) groups is 2. The van der Waals surface area contributed by atoms with Crippen LogP contribution in [-0.2, 0) is 6.54 Å². The van der Waals surface area contributed by atoms with Crippen molar-refractivity contribution in [1.82, 2.24) is 25.5 Å². The lowest BCUT2D eigenvalue weighted by Crippen LogP contribution is -2.23. The summed E-state index contributed by atoms with van der Waals surface area (Å²) in [4.78, 5) is 24.6. The quantitative estimate of drug-likeness (QED) is 0.524. The number of nitrogens with zero attached hydrogens (tertiary/aromatic N) is 4. The van der Waals surface area contributed by atoms with Crippen molar-refractivity contribution in [2.45, 2.75) is 6.54 Å². The Bertz CT molecular complexity index is 1120. The molecule has 9 heteroatoms. The normalized spacial score (nSPS) is 10.5. The van der Waals surface area contributed by atoms with Crippen molar-refractivity contribution in [2.24, 2.45) is 0 Å². The van der Waals surface area contributed by atoms with E-state index in [0.717, 1.165) is 5.56 Å². The molecule has 2 aromatic heterocycles. The summed E-state index contributed by atoms with van der Waals surface area (Å²) < 4.78 is 6.55. The van der Waals surface area contributed by atoms with Gasteiger partial charge in [-0.1, -0.05) is 18.2 Å². The zero-order chi connectivity index (χ0) is 20.1. The van der Waals surface area contributed by atoms with Gasteiger partial charge in [0.15, 0.2) is 5.76 Å². The minimum absolute atomic E-state index is 0.228. The van der Waals surface area contributed by atoms with Gasteiger partial charge in [0, 0.05) is 17.8 Å². The molecule has 2 N–H and O–H groups in total. The van der Waals surface area contributed by atoms with Gasteiger partial charge in [0.1, 0.15) is 6.33 Å². The van der Waals surface area contributed by atoms with E-state index in [1.165, 1.54) is 17.3 Å². The summed E-state index contributed by atoms with van der Waals surface area (Å²) in [5.41, 5.74) is 2.62. The predicted molar refractivity (Wildman–Crippen MR) is 103 cm³/mol. The Hall–Kier alpha value is -4.27. The second-order valence-corrected chi connectivity index (χ2v) is 6.12. The molecule has 0 spiro atoms. The maximum Gasteiger partial charge on any atom is 0.291 e. The smallest absolute Gasteiger partial charge is 0.291 e. The fourth-order valence-corrected chi connectivity index (χ4v) is 2.71. The summed E-state index contributed by atoms with van der Waals surface area (Å²) in [6, 6.07) is 17.4. The molecule has 0 aliphatic heterocycles. The van der Waals surface area contributed by atoms with Crippen LogP contribution in [0.15, 0.2) is 77.7 Å². The van der Waals surface area contributed by atoms with Crippen molar-refractivity contribution < 1.29 is 14.0 Å². The summed E-state index contributed by atoms with van der Waals surface area (Å²) in [5, 5.41) is 16.6. The molecular formula is C20H16N6O3. The van der Waals surface area contributed by atoms with E-state index in [1.807, 2.05) is 6.07 Å². The van der Waals surface area contributed by atoms with Gasteiger partial charge in [0.25, 0.3) is 11.8 Å². The van der Waals surface area contributed by atoms with Crippen molar-refractivity contribution in [3.05, 3.63) is 90.1 Å². The molecule has 0 saturated heterocycles. The van der Waals surface area contributed by atoms with Gasteiger partial charge in [0.05, 0.1) is 12.0 Å². The number of aromatic nitrogens is 4. The molecule has 0 atom stereocenters. The second-order valence-electron chi connectivity index (χ2n) is 6.12. The molecule has 0 aliphatic carbocycles. The number of anilines is 1. The van der Waals surface area contributed by atoms with Gasteiger partial charge in [-0.05, 0) is 58.5 Å². The summed E-state index contributed by atoms with van der Waals surface area (Å²) in [6.07, 6.45) is 2.90. The molecule has 2 amide bonds. The molecule has 144 valence electrons. The first-order valence-corrected chi connectivity index (χ1v) is 8.74. The van der Waals surface area contributed by atoms with Crippen molar-refractivity contribution in [1.29, 1.82) is 0 Å². The van der Waals surface area contributed by atoms with E-state index in [2.05, 4.69) is 26.2 Å². The van der Waals surface area contributed by atoms with Crippen LogP contribution in [0.25, 0.3) is 5.69 Å². The molecule has 0 aliphatic rings.